The van der Waals surface area contributed by atoms with Gasteiger partial charge < -0.3 is 10.2 Å². The molecule has 0 fully saturated rings. The number of nitrogens with zero attached hydrogens (tertiary/aromatic N) is 1. The summed E-state index contributed by atoms with van der Waals surface area (Å²) in [6, 6.07) is 15.9. The molecule has 0 bridgehead atoms. The van der Waals surface area contributed by atoms with Gasteiger partial charge >= 0.3 is 0 Å². The number of thioether (sulfide) groups is 1. The first-order valence-corrected chi connectivity index (χ1v) is 10.1. The van der Waals surface area contributed by atoms with E-state index >= 15 is 0 Å². The van der Waals surface area contributed by atoms with Crippen molar-refractivity contribution in [2.75, 3.05) is 29.9 Å². The molecule has 2 amide bonds. The fourth-order valence-electron chi connectivity index (χ4n) is 2.53. The molecule has 0 spiro atoms. The summed E-state index contributed by atoms with van der Waals surface area (Å²) in [5.41, 5.74) is 1.88. The molecular formula is C21H24N2O3S. The van der Waals surface area contributed by atoms with Gasteiger partial charge in [-0.2, -0.15) is 0 Å². The molecule has 0 aliphatic heterocycles. The second kappa shape index (κ2) is 10.5. The van der Waals surface area contributed by atoms with Gasteiger partial charge in [0.15, 0.2) is 5.78 Å². The number of nitrogens with one attached hydrogen (secondary N) is 1. The van der Waals surface area contributed by atoms with Gasteiger partial charge in [-0.25, -0.2) is 0 Å². The maximum atomic E-state index is 12.3. The molecule has 0 atom stereocenters. The molecule has 142 valence electrons. The van der Waals surface area contributed by atoms with Gasteiger partial charge in [-0.1, -0.05) is 30.3 Å². The molecule has 6 heteroatoms. The third-order valence-electron chi connectivity index (χ3n) is 4.03. The molecule has 2 aromatic rings. The molecule has 0 aliphatic rings. The Labute approximate surface area is 164 Å². The normalized spacial score (nSPS) is 10.3. The van der Waals surface area contributed by atoms with E-state index in [0.29, 0.717) is 29.9 Å². The second-order valence-electron chi connectivity index (χ2n) is 5.88. The highest BCUT2D eigenvalue weighted by Crippen LogP contribution is 2.13. The summed E-state index contributed by atoms with van der Waals surface area (Å²) in [6.45, 7) is 5.20. The van der Waals surface area contributed by atoms with Gasteiger partial charge in [0.05, 0.1) is 11.5 Å². The van der Waals surface area contributed by atoms with Gasteiger partial charge in [0.2, 0.25) is 5.91 Å². The van der Waals surface area contributed by atoms with Crippen molar-refractivity contribution in [2.45, 2.75) is 13.8 Å². The minimum atomic E-state index is -0.177. The minimum Gasteiger partial charge on any atom is -0.339 e. The summed E-state index contributed by atoms with van der Waals surface area (Å²) < 4.78 is 0. The van der Waals surface area contributed by atoms with Crippen molar-refractivity contribution in [2.24, 2.45) is 0 Å². The second-order valence-corrected chi connectivity index (χ2v) is 6.87. The van der Waals surface area contributed by atoms with Crippen molar-refractivity contribution in [3.8, 4) is 0 Å². The van der Waals surface area contributed by atoms with E-state index < -0.39 is 0 Å². The third-order valence-corrected chi connectivity index (χ3v) is 4.96. The van der Waals surface area contributed by atoms with Gasteiger partial charge in [-0.3, -0.25) is 14.4 Å². The lowest BCUT2D eigenvalue weighted by atomic mass is 10.2. The Morgan fingerprint density at radius 2 is 1.48 bits per heavy atom. The first-order valence-electron chi connectivity index (χ1n) is 8.90. The molecule has 5 nitrogen and oxygen atoms in total. The van der Waals surface area contributed by atoms with Crippen LogP contribution in [0.2, 0.25) is 0 Å². The lowest BCUT2D eigenvalue weighted by Crippen LogP contribution is -2.30. The van der Waals surface area contributed by atoms with Gasteiger partial charge in [0.25, 0.3) is 5.91 Å². The van der Waals surface area contributed by atoms with Gasteiger partial charge in [-0.15, -0.1) is 11.8 Å². The predicted molar refractivity (Wildman–Crippen MR) is 110 cm³/mol. The van der Waals surface area contributed by atoms with Gasteiger partial charge in [0.1, 0.15) is 0 Å². The van der Waals surface area contributed by atoms with Crippen LogP contribution in [-0.4, -0.2) is 47.1 Å². The van der Waals surface area contributed by atoms with E-state index in [0.717, 1.165) is 0 Å². The molecule has 0 unspecified atom stereocenters. The predicted octanol–water partition coefficient (Wildman–Crippen LogP) is 3.72. The number of carbonyl (C=O) groups excluding carboxylic acids is 3. The lowest BCUT2D eigenvalue weighted by molar-refractivity contribution is -0.113. The third kappa shape index (κ3) is 6.25. The maximum Gasteiger partial charge on any atom is 0.253 e. The maximum absolute atomic E-state index is 12.3. The molecule has 0 aromatic heterocycles. The highest BCUT2D eigenvalue weighted by molar-refractivity contribution is 8.00. The molecule has 0 saturated heterocycles. The summed E-state index contributed by atoms with van der Waals surface area (Å²) in [6.07, 6.45) is 0. The molecule has 0 heterocycles. The SMILES string of the molecule is CCN(CC)C(=O)c1ccc(NC(=O)CSCC(=O)c2ccccc2)cc1. The molecule has 0 saturated carbocycles. The van der Waals surface area contributed by atoms with E-state index in [9.17, 15) is 14.4 Å². The number of rotatable bonds is 9. The van der Waals surface area contributed by atoms with Crippen LogP contribution in [0.5, 0.6) is 0 Å². The van der Waals surface area contributed by atoms with Crippen LogP contribution in [0.25, 0.3) is 0 Å². The Balaban J connectivity index is 1.80. The number of hydrogen-bond acceptors (Lipinski definition) is 4. The molecule has 0 aliphatic carbocycles. The molecule has 1 N–H and O–H groups in total. The van der Waals surface area contributed by atoms with Crippen molar-refractivity contribution in [1.29, 1.82) is 0 Å². The molecule has 2 aromatic carbocycles. The van der Waals surface area contributed by atoms with Crippen molar-refractivity contribution >= 4 is 35.0 Å². The summed E-state index contributed by atoms with van der Waals surface area (Å²) in [5.74, 6) is 0.261. The number of carbonyl (C=O) groups is 3. The average molecular weight is 385 g/mol. The summed E-state index contributed by atoms with van der Waals surface area (Å²) in [5, 5.41) is 2.78. The minimum absolute atomic E-state index is 0.00710. The van der Waals surface area contributed by atoms with Gasteiger partial charge in [-0.05, 0) is 38.1 Å². The Hall–Kier alpha value is -2.60. The summed E-state index contributed by atoms with van der Waals surface area (Å²) in [4.78, 5) is 38.0. The number of amides is 2. The lowest BCUT2D eigenvalue weighted by Gasteiger charge is -2.18. The van der Waals surface area contributed by atoms with Crippen molar-refractivity contribution < 1.29 is 14.4 Å². The standard InChI is InChI=1S/C21H24N2O3S/c1-3-23(4-2)21(26)17-10-12-18(13-11-17)22-20(25)15-27-14-19(24)16-8-6-5-7-9-16/h5-13H,3-4,14-15H2,1-2H3,(H,22,25). The molecule has 2 rings (SSSR count). The number of hydrogen-bond donors (Lipinski definition) is 1. The average Bonchev–Trinajstić information content (AvgIpc) is 2.70. The first kappa shape index (κ1) is 20.7. The van der Waals surface area contributed by atoms with E-state index in [1.807, 2.05) is 32.0 Å². The first-order chi connectivity index (χ1) is 13.0. The van der Waals surface area contributed by atoms with E-state index in [2.05, 4.69) is 5.32 Å². The largest absolute Gasteiger partial charge is 0.339 e. The number of Topliss-reactive ketones (excluding diaryl/α,β-unsaturated/α-hetero) is 1. The van der Waals surface area contributed by atoms with Gasteiger partial charge in [0, 0.05) is 29.9 Å². The number of benzene rings is 2. The van der Waals surface area contributed by atoms with Crippen LogP contribution in [0.15, 0.2) is 54.6 Å². The Morgan fingerprint density at radius 3 is 2.07 bits per heavy atom. The van der Waals surface area contributed by atoms with E-state index in [4.69, 9.17) is 0 Å². The van der Waals surface area contributed by atoms with Crippen molar-refractivity contribution in [1.82, 2.24) is 4.90 Å². The number of ketones is 1. The highest BCUT2D eigenvalue weighted by Gasteiger charge is 2.12. The Kier molecular flexibility index (Phi) is 8.07. The molecule has 0 radical (unpaired) electrons. The number of anilines is 1. The van der Waals surface area contributed by atoms with Crippen LogP contribution in [0, 0.1) is 0 Å². The van der Waals surface area contributed by atoms with E-state index in [-0.39, 0.29) is 29.1 Å². The molecule has 27 heavy (non-hydrogen) atoms. The van der Waals surface area contributed by atoms with Crippen LogP contribution in [0.3, 0.4) is 0 Å². The van der Waals surface area contributed by atoms with Crippen molar-refractivity contribution in [3.05, 3.63) is 65.7 Å². The topological polar surface area (TPSA) is 66.5 Å². The fourth-order valence-corrected chi connectivity index (χ4v) is 3.24. The smallest absolute Gasteiger partial charge is 0.253 e. The zero-order valence-electron chi connectivity index (χ0n) is 15.6. The van der Waals surface area contributed by atoms with Crippen LogP contribution >= 0.6 is 11.8 Å². The summed E-state index contributed by atoms with van der Waals surface area (Å²) in [7, 11) is 0. The van der Waals surface area contributed by atoms with Crippen molar-refractivity contribution in [3.63, 3.8) is 0 Å². The quantitative estimate of drug-likeness (QED) is 0.669. The monoisotopic (exact) mass is 384 g/mol. The van der Waals surface area contributed by atoms with Crippen LogP contribution in [0.1, 0.15) is 34.6 Å². The van der Waals surface area contributed by atoms with Crippen LogP contribution in [0.4, 0.5) is 5.69 Å². The zero-order valence-corrected chi connectivity index (χ0v) is 16.4. The van der Waals surface area contributed by atoms with Crippen LogP contribution < -0.4 is 5.32 Å². The molecular weight excluding hydrogens is 360 g/mol. The highest BCUT2D eigenvalue weighted by atomic mass is 32.2. The summed E-state index contributed by atoms with van der Waals surface area (Å²) >= 11 is 1.28. The Bertz CT molecular complexity index is 772. The van der Waals surface area contributed by atoms with E-state index in [1.165, 1.54) is 11.8 Å². The van der Waals surface area contributed by atoms with Crippen LogP contribution in [-0.2, 0) is 4.79 Å². The Morgan fingerprint density at radius 1 is 0.852 bits per heavy atom. The van der Waals surface area contributed by atoms with E-state index in [1.54, 1.807) is 41.3 Å². The zero-order chi connectivity index (χ0) is 19.6. The fraction of sp³-hybridized carbons (Fsp3) is 0.286.